The summed E-state index contributed by atoms with van der Waals surface area (Å²) in [5.41, 5.74) is 3.09. The van der Waals surface area contributed by atoms with E-state index in [1.165, 1.54) is 24.8 Å². The first-order valence-electron chi connectivity index (χ1n) is 11.4. The maximum absolute atomic E-state index is 12.7. The first kappa shape index (κ1) is 27.5. The molecule has 0 spiro atoms. The van der Waals surface area contributed by atoms with Crippen LogP contribution in [0.2, 0.25) is 10.0 Å². The van der Waals surface area contributed by atoms with Gasteiger partial charge < -0.3 is 14.2 Å². The molecular formula is C27H23Cl2F3O4S. The van der Waals surface area contributed by atoms with Gasteiger partial charge in [0.05, 0.1) is 22.7 Å². The summed E-state index contributed by atoms with van der Waals surface area (Å²) in [7, 11) is 1.33. The molecule has 4 nitrogen and oxygen atoms in total. The van der Waals surface area contributed by atoms with Crippen LogP contribution in [-0.4, -0.2) is 19.7 Å². The number of ether oxygens (including phenoxy) is 3. The number of carbonyl (C=O) groups excluding carboxylic acids is 1. The van der Waals surface area contributed by atoms with Crippen LogP contribution in [-0.2, 0) is 40.9 Å². The molecule has 0 saturated carbocycles. The van der Waals surface area contributed by atoms with Crippen LogP contribution in [0.15, 0.2) is 53.4 Å². The van der Waals surface area contributed by atoms with Gasteiger partial charge in [-0.3, -0.25) is 0 Å². The van der Waals surface area contributed by atoms with Gasteiger partial charge in [0.1, 0.15) is 12.4 Å². The van der Waals surface area contributed by atoms with Gasteiger partial charge in [0, 0.05) is 10.6 Å². The second-order valence-corrected chi connectivity index (χ2v) is 10.2. The lowest BCUT2D eigenvalue weighted by Crippen LogP contribution is -2.13. The molecule has 0 amide bonds. The van der Waals surface area contributed by atoms with Crippen molar-refractivity contribution in [1.82, 2.24) is 0 Å². The number of benzene rings is 3. The Labute approximate surface area is 227 Å². The van der Waals surface area contributed by atoms with E-state index in [4.69, 9.17) is 32.7 Å². The van der Waals surface area contributed by atoms with Gasteiger partial charge in [-0.05, 0) is 77.9 Å². The van der Waals surface area contributed by atoms with Crippen LogP contribution in [0.25, 0.3) is 0 Å². The summed E-state index contributed by atoms with van der Waals surface area (Å²) in [5.74, 6) is 1.19. The molecule has 1 aliphatic rings. The number of methoxy groups -OCH3 is 1. The minimum Gasteiger partial charge on any atom is -0.486 e. The predicted octanol–water partition coefficient (Wildman–Crippen LogP) is 7.92. The zero-order chi connectivity index (χ0) is 26.6. The Morgan fingerprint density at radius 3 is 2.27 bits per heavy atom. The number of hydrogen-bond acceptors (Lipinski definition) is 5. The molecular weight excluding hydrogens is 548 g/mol. The van der Waals surface area contributed by atoms with Gasteiger partial charge in [0.15, 0.2) is 12.4 Å². The topological polar surface area (TPSA) is 44.8 Å². The van der Waals surface area contributed by atoms with E-state index in [9.17, 15) is 18.0 Å². The molecule has 0 fully saturated rings. The monoisotopic (exact) mass is 570 g/mol. The average molecular weight is 571 g/mol. The number of alkyl halides is 3. The van der Waals surface area contributed by atoms with E-state index in [0.717, 1.165) is 47.4 Å². The second kappa shape index (κ2) is 11.9. The summed E-state index contributed by atoms with van der Waals surface area (Å²) in [4.78, 5) is 12.6. The van der Waals surface area contributed by atoms with Crippen LogP contribution in [0, 0.1) is 0 Å². The third-order valence-electron chi connectivity index (χ3n) is 5.89. The molecule has 1 aliphatic carbocycles. The number of hydrogen-bond donors (Lipinski definition) is 0. The zero-order valence-corrected chi connectivity index (χ0v) is 22.1. The van der Waals surface area contributed by atoms with Crippen molar-refractivity contribution in [2.45, 2.75) is 42.7 Å². The van der Waals surface area contributed by atoms with Crippen molar-refractivity contribution in [3.63, 3.8) is 0 Å². The highest BCUT2D eigenvalue weighted by Crippen LogP contribution is 2.41. The predicted molar refractivity (Wildman–Crippen MR) is 138 cm³/mol. The van der Waals surface area contributed by atoms with Crippen molar-refractivity contribution >= 4 is 40.9 Å². The fourth-order valence-electron chi connectivity index (χ4n) is 4.05. The summed E-state index contributed by atoms with van der Waals surface area (Å²) >= 11 is 14.5. The van der Waals surface area contributed by atoms with Gasteiger partial charge >= 0.3 is 12.1 Å². The zero-order valence-electron chi connectivity index (χ0n) is 19.8. The molecule has 0 aliphatic heterocycles. The standard InChI is InChI=1S/C27H23Cl2F3O4S/c1-34-25(33)14-35-23-9-10-24(20-4-2-3-19(20)23)37-15-17-11-21(28)26(22(29)12-17)36-13-16-5-7-18(8-6-16)27(30,31)32/h5-12H,2-4,13-15H2,1H3. The van der Waals surface area contributed by atoms with Crippen molar-refractivity contribution in [3.05, 3.63) is 86.4 Å². The molecule has 0 aromatic heterocycles. The second-order valence-electron chi connectivity index (χ2n) is 8.40. The average Bonchev–Trinajstić information content (AvgIpc) is 3.36. The normalized spacial score (nSPS) is 12.8. The van der Waals surface area contributed by atoms with E-state index in [1.807, 2.05) is 12.1 Å². The summed E-state index contributed by atoms with van der Waals surface area (Å²) in [6.07, 6.45) is -1.54. The van der Waals surface area contributed by atoms with E-state index in [-0.39, 0.29) is 19.0 Å². The molecule has 4 rings (SSSR count). The van der Waals surface area contributed by atoms with Crippen LogP contribution < -0.4 is 9.47 Å². The fourth-order valence-corrected chi connectivity index (χ4v) is 5.74. The largest absolute Gasteiger partial charge is 0.486 e. The highest BCUT2D eigenvalue weighted by Gasteiger charge is 2.30. The fraction of sp³-hybridized carbons (Fsp3) is 0.296. The van der Waals surface area contributed by atoms with Crippen LogP contribution in [0.1, 0.15) is 34.2 Å². The lowest BCUT2D eigenvalue weighted by molar-refractivity contribution is -0.143. The number of rotatable bonds is 9. The van der Waals surface area contributed by atoms with Gasteiger partial charge in [-0.25, -0.2) is 4.79 Å². The van der Waals surface area contributed by atoms with Crippen molar-refractivity contribution < 1.29 is 32.2 Å². The van der Waals surface area contributed by atoms with Gasteiger partial charge in [0.25, 0.3) is 0 Å². The quantitative estimate of drug-likeness (QED) is 0.193. The minimum atomic E-state index is -4.39. The number of halogens is 5. The lowest BCUT2D eigenvalue weighted by atomic mass is 10.1. The summed E-state index contributed by atoms with van der Waals surface area (Å²) in [6.45, 7) is -0.0953. The van der Waals surface area contributed by atoms with Gasteiger partial charge in [0.2, 0.25) is 0 Å². The first-order chi connectivity index (χ1) is 17.7. The maximum atomic E-state index is 12.7. The molecule has 3 aromatic carbocycles. The van der Waals surface area contributed by atoms with Crippen molar-refractivity contribution in [3.8, 4) is 11.5 Å². The molecule has 10 heteroatoms. The summed E-state index contributed by atoms with van der Waals surface area (Å²) in [5, 5.41) is 0.651. The van der Waals surface area contributed by atoms with Crippen LogP contribution >= 0.6 is 35.0 Å². The number of thioether (sulfide) groups is 1. The summed E-state index contributed by atoms with van der Waals surface area (Å²) in [6, 6.07) is 12.2. The molecule has 37 heavy (non-hydrogen) atoms. The van der Waals surface area contributed by atoms with Gasteiger partial charge in [-0.1, -0.05) is 35.3 Å². The SMILES string of the molecule is COC(=O)COc1ccc(SCc2cc(Cl)c(OCc3ccc(C(F)(F)F)cc3)c(Cl)c2)c2c1CCC2. The molecule has 0 saturated heterocycles. The van der Waals surface area contributed by atoms with Crippen LogP contribution in [0.3, 0.4) is 0 Å². The molecule has 0 bridgehead atoms. The van der Waals surface area contributed by atoms with E-state index >= 15 is 0 Å². The van der Waals surface area contributed by atoms with Crippen LogP contribution in [0.4, 0.5) is 13.2 Å². The van der Waals surface area contributed by atoms with Crippen molar-refractivity contribution in [2.24, 2.45) is 0 Å². The minimum absolute atomic E-state index is 0.0300. The van der Waals surface area contributed by atoms with Gasteiger partial charge in [-0.15, -0.1) is 11.8 Å². The molecule has 3 aromatic rings. The Balaban J connectivity index is 1.40. The Morgan fingerprint density at radius 2 is 1.62 bits per heavy atom. The van der Waals surface area contributed by atoms with Gasteiger partial charge in [-0.2, -0.15) is 13.2 Å². The highest BCUT2D eigenvalue weighted by atomic mass is 35.5. The van der Waals surface area contributed by atoms with Crippen molar-refractivity contribution in [2.75, 3.05) is 13.7 Å². The Hall–Kier alpha value is -2.55. The van der Waals surface area contributed by atoms with E-state index in [2.05, 4.69) is 4.74 Å². The maximum Gasteiger partial charge on any atom is 0.416 e. The van der Waals surface area contributed by atoms with E-state index in [0.29, 0.717) is 27.1 Å². The Kier molecular flexibility index (Phi) is 8.82. The molecule has 0 atom stereocenters. The summed E-state index contributed by atoms with van der Waals surface area (Å²) < 4.78 is 54.3. The molecule has 0 N–H and O–H groups in total. The smallest absolute Gasteiger partial charge is 0.416 e. The lowest BCUT2D eigenvalue weighted by Gasteiger charge is -2.15. The molecule has 0 unspecified atom stereocenters. The number of esters is 1. The van der Waals surface area contributed by atoms with Crippen molar-refractivity contribution in [1.29, 1.82) is 0 Å². The molecule has 0 radical (unpaired) electrons. The third kappa shape index (κ3) is 6.86. The molecule has 0 heterocycles. The highest BCUT2D eigenvalue weighted by molar-refractivity contribution is 7.98. The number of fused-ring (bicyclic) bond motifs is 1. The molecule has 196 valence electrons. The third-order valence-corrected chi connectivity index (χ3v) is 7.62. The van der Waals surface area contributed by atoms with Crippen LogP contribution in [0.5, 0.6) is 11.5 Å². The number of carbonyl (C=O) groups is 1. The Morgan fingerprint density at radius 1 is 0.946 bits per heavy atom. The van der Waals surface area contributed by atoms with E-state index in [1.54, 1.807) is 23.9 Å². The first-order valence-corrected chi connectivity index (χ1v) is 13.1. The van der Waals surface area contributed by atoms with E-state index < -0.39 is 17.7 Å². The Bertz CT molecular complexity index is 1260.